The molecule has 0 spiro atoms. The first-order valence-electron chi connectivity index (χ1n) is 6.55. The Morgan fingerprint density at radius 2 is 1.75 bits per heavy atom. The number of nitrogens with zero attached hydrogens (tertiary/aromatic N) is 1. The minimum Gasteiger partial charge on any atom is -0.330 e. The molecule has 0 saturated carbocycles. The monoisotopic (exact) mass is 336 g/mol. The fourth-order valence-corrected chi connectivity index (χ4v) is 4.68. The zero-order chi connectivity index (χ0) is 14.8. The lowest BCUT2D eigenvalue weighted by Gasteiger charge is -2.30. The highest BCUT2D eigenvalue weighted by atomic mass is 35.5. The van der Waals surface area contributed by atoms with Gasteiger partial charge in [-0.3, -0.25) is 0 Å². The highest BCUT2D eigenvalue weighted by Gasteiger charge is 2.28. The number of nitrogens with two attached hydrogens (primary N) is 1. The van der Waals surface area contributed by atoms with Gasteiger partial charge < -0.3 is 5.73 Å². The summed E-state index contributed by atoms with van der Waals surface area (Å²) in [6.07, 6.45) is 1.62. The molecule has 7 heteroatoms. The average molecular weight is 337 g/mol. The first-order valence-corrected chi connectivity index (χ1v) is 8.91. The Morgan fingerprint density at radius 3 is 2.25 bits per heavy atom. The molecule has 0 aromatic heterocycles. The van der Waals surface area contributed by atoms with E-state index >= 15 is 0 Å². The minimum absolute atomic E-state index is 0.154. The molecule has 0 radical (unpaired) electrons. The maximum absolute atomic E-state index is 12.4. The van der Waals surface area contributed by atoms with Crippen LogP contribution in [0.3, 0.4) is 0 Å². The third-order valence-electron chi connectivity index (χ3n) is 3.69. The van der Waals surface area contributed by atoms with Gasteiger partial charge in [-0.1, -0.05) is 29.3 Å². The molecule has 112 valence electrons. The molecule has 0 atom stereocenters. The first-order chi connectivity index (χ1) is 9.44. The molecular formula is C13H18Cl2N2O2S. The van der Waals surface area contributed by atoms with Crippen LogP contribution in [0.5, 0.6) is 0 Å². The van der Waals surface area contributed by atoms with Crippen molar-refractivity contribution in [1.29, 1.82) is 0 Å². The van der Waals surface area contributed by atoms with Gasteiger partial charge in [0.05, 0.1) is 5.75 Å². The van der Waals surface area contributed by atoms with Gasteiger partial charge in [0.15, 0.2) is 0 Å². The lowest BCUT2D eigenvalue weighted by Crippen LogP contribution is -2.40. The Hall–Kier alpha value is -0.330. The highest BCUT2D eigenvalue weighted by molar-refractivity contribution is 7.88. The molecule has 4 nitrogen and oxygen atoms in total. The number of halogens is 2. The lowest BCUT2D eigenvalue weighted by atomic mass is 9.99. The van der Waals surface area contributed by atoms with E-state index in [0.717, 1.165) is 12.8 Å². The molecule has 20 heavy (non-hydrogen) atoms. The Balaban J connectivity index is 2.12. The molecule has 1 aromatic carbocycles. The van der Waals surface area contributed by atoms with Gasteiger partial charge in [-0.25, -0.2) is 12.7 Å². The largest absolute Gasteiger partial charge is 0.330 e. The molecule has 2 rings (SSSR count). The van der Waals surface area contributed by atoms with Crippen molar-refractivity contribution in [3.63, 3.8) is 0 Å². The smallest absolute Gasteiger partial charge is 0.218 e. The molecule has 2 N–H and O–H groups in total. The third kappa shape index (κ3) is 3.65. The molecule has 1 aromatic rings. The number of rotatable bonds is 4. The summed E-state index contributed by atoms with van der Waals surface area (Å²) < 4.78 is 26.4. The van der Waals surface area contributed by atoms with Crippen LogP contribution in [0.4, 0.5) is 0 Å². The molecule has 0 aliphatic carbocycles. The van der Waals surface area contributed by atoms with E-state index in [1.54, 1.807) is 18.2 Å². The van der Waals surface area contributed by atoms with Gasteiger partial charge in [0.1, 0.15) is 0 Å². The Kier molecular flexibility index (Phi) is 5.31. The van der Waals surface area contributed by atoms with Crippen LogP contribution in [0.15, 0.2) is 18.2 Å². The number of hydrogen-bond donors (Lipinski definition) is 1. The van der Waals surface area contributed by atoms with Crippen molar-refractivity contribution >= 4 is 33.2 Å². The average Bonchev–Trinajstić information content (AvgIpc) is 2.43. The molecule has 1 fully saturated rings. The Morgan fingerprint density at radius 1 is 1.20 bits per heavy atom. The van der Waals surface area contributed by atoms with Gasteiger partial charge in [-0.2, -0.15) is 0 Å². The minimum atomic E-state index is -3.39. The van der Waals surface area contributed by atoms with Crippen LogP contribution in [0.2, 0.25) is 10.0 Å². The molecule has 0 unspecified atom stereocenters. The Labute approximate surface area is 129 Å². The summed E-state index contributed by atoms with van der Waals surface area (Å²) in [5.74, 6) is 0.268. The standard InChI is InChI=1S/C13H18Cl2N2O2S/c14-12-2-1-3-13(15)11(12)9-20(18,19)17-6-4-10(8-16)5-7-17/h1-3,10H,4-9,16H2. The summed E-state index contributed by atoms with van der Waals surface area (Å²) in [7, 11) is -3.39. The number of hydrogen-bond acceptors (Lipinski definition) is 3. The van der Waals surface area contributed by atoms with Crippen molar-refractivity contribution in [3.8, 4) is 0 Å². The van der Waals surface area contributed by atoms with Crippen LogP contribution in [0.1, 0.15) is 18.4 Å². The van der Waals surface area contributed by atoms with E-state index in [4.69, 9.17) is 28.9 Å². The van der Waals surface area contributed by atoms with Gasteiger partial charge in [0.2, 0.25) is 10.0 Å². The second kappa shape index (κ2) is 6.62. The highest BCUT2D eigenvalue weighted by Crippen LogP contribution is 2.28. The number of piperidine rings is 1. The molecule has 1 saturated heterocycles. The van der Waals surface area contributed by atoms with E-state index in [2.05, 4.69) is 0 Å². The van der Waals surface area contributed by atoms with Crippen molar-refractivity contribution in [2.75, 3.05) is 19.6 Å². The molecule has 0 amide bonds. The summed E-state index contributed by atoms with van der Waals surface area (Å²) in [6, 6.07) is 5.01. The fraction of sp³-hybridized carbons (Fsp3) is 0.538. The van der Waals surface area contributed by atoms with Gasteiger partial charge in [-0.05, 0) is 37.4 Å². The Bertz CT molecular complexity index is 549. The van der Waals surface area contributed by atoms with E-state index < -0.39 is 10.0 Å². The predicted octanol–water partition coefficient (Wildman–Crippen LogP) is 2.49. The van der Waals surface area contributed by atoms with Gasteiger partial charge in [0, 0.05) is 28.7 Å². The van der Waals surface area contributed by atoms with Crippen molar-refractivity contribution < 1.29 is 8.42 Å². The van der Waals surface area contributed by atoms with Crippen LogP contribution in [-0.4, -0.2) is 32.4 Å². The maximum Gasteiger partial charge on any atom is 0.218 e. The van der Waals surface area contributed by atoms with Crippen LogP contribution < -0.4 is 5.73 Å². The van der Waals surface area contributed by atoms with Crippen LogP contribution in [0, 0.1) is 5.92 Å². The van der Waals surface area contributed by atoms with Gasteiger partial charge in [-0.15, -0.1) is 0 Å². The van der Waals surface area contributed by atoms with Crippen LogP contribution >= 0.6 is 23.2 Å². The quantitative estimate of drug-likeness (QED) is 0.918. The van der Waals surface area contributed by atoms with E-state index in [0.29, 0.717) is 41.2 Å². The first kappa shape index (κ1) is 16.0. The van der Waals surface area contributed by atoms with Crippen molar-refractivity contribution in [3.05, 3.63) is 33.8 Å². The van der Waals surface area contributed by atoms with Crippen molar-refractivity contribution in [2.45, 2.75) is 18.6 Å². The number of benzene rings is 1. The van der Waals surface area contributed by atoms with Crippen molar-refractivity contribution in [1.82, 2.24) is 4.31 Å². The molecule has 0 bridgehead atoms. The van der Waals surface area contributed by atoms with E-state index in [1.807, 2.05) is 0 Å². The van der Waals surface area contributed by atoms with Gasteiger partial charge >= 0.3 is 0 Å². The summed E-state index contributed by atoms with van der Waals surface area (Å²) in [5, 5.41) is 0.774. The topological polar surface area (TPSA) is 63.4 Å². The second-order valence-corrected chi connectivity index (χ2v) is 7.82. The van der Waals surface area contributed by atoms with Crippen molar-refractivity contribution in [2.24, 2.45) is 11.7 Å². The lowest BCUT2D eigenvalue weighted by molar-refractivity contribution is 0.278. The third-order valence-corrected chi connectivity index (χ3v) is 6.20. The summed E-state index contributed by atoms with van der Waals surface area (Å²) in [4.78, 5) is 0. The predicted molar refractivity (Wildman–Crippen MR) is 82.4 cm³/mol. The van der Waals surface area contributed by atoms with E-state index in [-0.39, 0.29) is 5.75 Å². The normalized spacial score (nSPS) is 18.4. The SMILES string of the molecule is NCC1CCN(S(=O)(=O)Cc2c(Cl)cccc2Cl)CC1. The van der Waals surface area contributed by atoms with E-state index in [1.165, 1.54) is 4.31 Å². The second-order valence-electron chi connectivity index (χ2n) is 5.03. The molecule has 1 aliphatic rings. The van der Waals surface area contributed by atoms with E-state index in [9.17, 15) is 8.42 Å². The molecule has 1 heterocycles. The van der Waals surface area contributed by atoms with Gasteiger partial charge in [0.25, 0.3) is 0 Å². The zero-order valence-corrected chi connectivity index (χ0v) is 13.4. The van der Waals surface area contributed by atoms with Crippen LogP contribution in [-0.2, 0) is 15.8 Å². The summed E-state index contributed by atoms with van der Waals surface area (Å²) in [6.45, 7) is 1.66. The summed E-state index contributed by atoms with van der Waals surface area (Å²) in [5.41, 5.74) is 6.09. The molecular weight excluding hydrogens is 319 g/mol. The molecule has 1 aliphatic heterocycles. The number of sulfonamides is 1. The summed E-state index contributed by atoms with van der Waals surface area (Å²) >= 11 is 12.1. The van der Waals surface area contributed by atoms with Crippen LogP contribution in [0.25, 0.3) is 0 Å². The maximum atomic E-state index is 12.4. The fourth-order valence-electron chi connectivity index (χ4n) is 2.37. The zero-order valence-electron chi connectivity index (χ0n) is 11.1.